The van der Waals surface area contributed by atoms with Gasteiger partial charge in [-0.2, -0.15) is 0 Å². The van der Waals surface area contributed by atoms with E-state index in [2.05, 4.69) is 36.5 Å². The van der Waals surface area contributed by atoms with Crippen LogP contribution in [0, 0.1) is 0 Å². The topological polar surface area (TPSA) is 32.3 Å². The second-order valence-corrected chi connectivity index (χ2v) is 5.33. The van der Waals surface area contributed by atoms with Crippen LogP contribution in [-0.2, 0) is 4.79 Å². The fourth-order valence-corrected chi connectivity index (χ4v) is 2.59. The molecule has 1 amide bonds. The highest BCUT2D eigenvalue weighted by Gasteiger charge is 2.24. The zero-order valence-corrected chi connectivity index (χ0v) is 11.4. The highest BCUT2D eigenvalue weighted by molar-refractivity contribution is 5.77. The maximum Gasteiger partial charge on any atom is 0.236 e. The third kappa shape index (κ3) is 2.72. The minimum atomic E-state index is 0.131. The van der Waals surface area contributed by atoms with Gasteiger partial charge in [0.25, 0.3) is 0 Å². The van der Waals surface area contributed by atoms with Crippen molar-refractivity contribution in [2.45, 2.75) is 31.7 Å². The minimum absolute atomic E-state index is 0.131. The lowest BCUT2D eigenvalue weighted by Gasteiger charge is -2.30. The Kier molecular flexibility index (Phi) is 4.02. The number of carbonyl (C=O) groups is 1. The van der Waals surface area contributed by atoms with E-state index >= 15 is 0 Å². The predicted molar refractivity (Wildman–Crippen MR) is 73.5 cm³/mol. The summed E-state index contributed by atoms with van der Waals surface area (Å²) in [7, 11) is 3.59. The molecule has 0 fully saturated rings. The first kappa shape index (κ1) is 13.1. The SMILES string of the molecule is CC1CCC(NCC(=O)N(C)C)c2ccccc21. The lowest BCUT2D eigenvalue weighted by Crippen LogP contribution is -2.36. The van der Waals surface area contributed by atoms with Crippen molar-refractivity contribution in [3.63, 3.8) is 0 Å². The normalized spacial score (nSPS) is 22.4. The maximum atomic E-state index is 11.6. The zero-order valence-electron chi connectivity index (χ0n) is 11.4. The van der Waals surface area contributed by atoms with Crippen molar-refractivity contribution < 1.29 is 4.79 Å². The largest absolute Gasteiger partial charge is 0.348 e. The molecule has 98 valence electrons. The van der Waals surface area contributed by atoms with Gasteiger partial charge < -0.3 is 10.2 Å². The molecular weight excluding hydrogens is 224 g/mol. The third-order valence-electron chi connectivity index (χ3n) is 3.79. The van der Waals surface area contributed by atoms with Crippen LogP contribution in [0.1, 0.15) is 42.9 Å². The number of nitrogens with zero attached hydrogens (tertiary/aromatic N) is 1. The van der Waals surface area contributed by atoms with E-state index in [1.54, 1.807) is 19.0 Å². The summed E-state index contributed by atoms with van der Waals surface area (Å²) in [6.45, 7) is 2.69. The smallest absolute Gasteiger partial charge is 0.236 e. The Morgan fingerprint density at radius 3 is 2.61 bits per heavy atom. The molecule has 1 aliphatic carbocycles. The number of amides is 1. The number of likely N-dealkylation sites (N-methyl/N-ethyl adjacent to an activating group) is 1. The molecule has 0 heterocycles. The molecule has 2 atom stereocenters. The molecule has 2 rings (SSSR count). The average molecular weight is 246 g/mol. The molecule has 1 N–H and O–H groups in total. The highest BCUT2D eigenvalue weighted by atomic mass is 16.2. The van der Waals surface area contributed by atoms with E-state index in [4.69, 9.17) is 0 Å². The van der Waals surface area contributed by atoms with Gasteiger partial charge in [-0.15, -0.1) is 0 Å². The molecule has 1 aromatic carbocycles. The van der Waals surface area contributed by atoms with E-state index in [1.165, 1.54) is 17.5 Å². The first-order chi connectivity index (χ1) is 8.59. The Hall–Kier alpha value is -1.35. The average Bonchev–Trinajstić information content (AvgIpc) is 2.38. The van der Waals surface area contributed by atoms with Crippen LogP contribution in [0.4, 0.5) is 0 Å². The molecule has 0 saturated carbocycles. The van der Waals surface area contributed by atoms with Gasteiger partial charge >= 0.3 is 0 Å². The van der Waals surface area contributed by atoms with Crippen molar-refractivity contribution in [1.82, 2.24) is 10.2 Å². The van der Waals surface area contributed by atoms with Crippen LogP contribution in [0.5, 0.6) is 0 Å². The minimum Gasteiger partial charge on any atom is -0.348 e. The number of hydrogen-bond donors (Lipinski definition) is 1. The number of carbonyl (C=O) groups excluding carboxylic acids is 1. The second-order valence-electron chi connectivity index (χ2n) is 5.33. The van der Waals surface area contributed by atoms with Gasteiger partial charge in [-0.1, -0.05) is 31.2 Å². The van der Waals surface area contributed by atoms with E-state index in [0.717, 1.165) is 6.42 Å². The maximum absolute atomic E-state index is 11.6. The Morgan fingerprint density at radius 1 is 1.28 bits per heavy atom. The van der Waals surface area contributed by atoms with Gasteiger partial charge in [-0.25, -0.2) is 0 Å². The Bertz CT molecular complexity index is 428. The lowest BCUT2D eigenvalue weighted by molar-refractivity contribution is -0.127. The fourth-order valence-electron chi connectivity index (χ4n) is 2.59. The van der Waals surface area contributed by atoms with Crippen LogP contribution in [-0.4, -0.2) is 31.4 Å². The summed E-state index contributed by atoms with van der Waals surface area (Å²) in [4.78, 5) is 13.3. The molecule has 0 bridgehead atoms. The molecule has 0 radical (unpaired) electrons. The Labute approximate surface area is 109 Å². The van der Waals surface area contributed by atoms with Gasteiger partial charge in [0.2, 0.25) is 5.91 Å². The molecule has 3 heteroatoms. The fraction of sp³-hybridized carbons (Fsp3) is 0.533. The van der Waals surface area contributed by atoms with E-state index in [1.807, 2.05) is 0 Å². The molecular formula is C15H22N2O. The van der Waals surface area contributed by atoms with Crippen molar-refractivity contribution in [2.75, 3.05) is 20.6 Å². The molecule has 0 spiro atoms. The highest BCUT2D eigenvalue weighted by Crippen LogP contribution is 2.36. The molecule has 0 aliphatic heterocycles. The third-order valence-corrected chi connectivity index (χ3v) is 3.79. The van der Waals surface area contributed by atoms with Crippen LogP contribution in [0.2, 0.25) is 0 Å². The van der Waals surface area contributed by atoms with Crippen LogP contribution in [0.3, 0.4) is 0 Å². The molecule has 18 heavy (non-hydrogen) atoms. The van der Waals surface area contributed by atoms with Gasteiger partial charge in [-0.3, -0.25) is 4.79 Å². The zero-order chi connectivity index (χ0) is 13.1. The first-order valence-electron chi connectivity index (χ1n) is 6.62. The van der Waals surface area contributed by atoms with E-state index < -0.39 is 0 Å². The summed E-state index contributed by atoms with van der Waals surface area (Å²) in [5, 5.41) is 3.39. The van der Waals surface area contributed by atoms with Gasteiger partial charge in [-0.05, 0) is 29.9 Å². The van der Waals surface area contributed by atoms with Crippen LogP contribution in [0.15, 0.2) is 24.3 Å². The number of fused-ring (bicyclic) bond motifs is 1. The van der Waals surface area contributed by atoms with Gasteiger partial charge in [0.1, 0.15) is 0 Å². The summed E-state index contributed by atoms with van der Waals surface area (Å²) < 4.78 is 0. The molecule has 1 aromatic rings. The standard InChI is InChI=1S/C15H22N2O/c1-11-8-9-14(16-10-15(18)17(2)3)13-7-5-4-6-12(11)13/h4-7,11,14,16H,8-10H2,1-3H3. The van der Waals surface area contributed by atoms with Crippen LogP contribution in [0.25, 0.3) is 0 Å². The monoisotopic (exact) mass is 246 g/mol. The van der Waals surface area contributed by atoms with E-state index in [9.17, 15) is 4.79 Å². The number of nitrogens with one attached hydrogen (secondary N) is 1. The molecule has 2 unspecified atom stereocenters. The van der Waals surface area contributed by atoms with E-state index in [-0.39, 0.29) is 5.91 Å². The molecule has 0 saturated heterocycles. The summed E-state index contributed by atoms with van der Waals surface area (Å²) >= 11 is 0. The van der Waals surface area contributed by atoms with Gasteiger partial charge in [0.05, 0.1) is 6.54 Å². The van der Waals surface area contributed by atoms with Gasteiger partial charge in [0.15, 0.2) is 0 Å². The summed E-state index contributed by atoms with van der Waals surface area (Å²) in [6, 6.07) is 8.90. The molecule has 0 aromatic heterocycles. The summed E-state index contributed by atoms with van der Waals surface area (Å²) in [5.74, 6) is 0.759. The van der Waals surface area contributed by atoms with Gasteiger partial charge in [0, 0.05) is 20.1 Å². The first-order valence-corrected chi connectivity index (χ1v) is 6.62. The van der Waals surface area contributed by atoms with Crippen LogP contribution < -0.4 is 5.32 Å². The van der Waals surface area contributed by atoms with Crippen molar-refractivity contribution in [3.05, 3.63) is 35.4 Å². The number of hydrogen-bond acceptors (Lipinski definition) is 2. The molecule has 3 nitrogen and oxygen atoms in total. The van der Waals surface area contributed by atoms with Crippen molar-refractivity contribution in [1.29, 1.82) is 0 Å². The number of rotatable bonds is 3. The Balaban J connectivity index is 2.07. The van der Waals surface area contributed by atoms with Crippen molar-refractivity contribution in [3.8, 4) is 0 Å². The second kappa shape index (κ2) is 5.53. The summed E-state index contributed by atoms with van der Waals surface area (Å²) in [6.07, 6.45) is 2.30. The Morgan fingerprint density at radius 2 is 1.94 bits per heavy atom. The van der Waals surface area contributed by atoms with Crippen molar-refractivity contribution >= 4 is 5.91 Å². The quantitative estimate of drug-likeness (QED) is 0.887. The predicted octanol–water partition coefficient (Wildman–Crippen LogP) is 2.30. The van der Waals surface area contributed by atoms with E-state index in [0.29, 0.717) is 18.5 Å². The lowest BCUT2D eigenvalue weighted by atomic mass is 9.81. The summed E-state index contributed by atoms with van der Waals surface area (Å²) in [5.41, 5.74) is 2.79. The number of benzene rings is 1. The molecule has 1 aliphatic rings. The van der Waals surface area contributed by atoms with Crippen molar-refractivity contribution in [2.24, 2.45) is 0 Å². The van der Waals surface area contributed by atoms with Crippen LogP contribution >= 0.6 is 0 Å².